The fourth-order valence-corrected chi connectivity index (χ4v) is 1.57. The first-order valence-electron chi connectivity index (χ1n) is 4.59. The lowest BCUT2D eigenvalue weighted by Gasteiger charge is -2.06. The van der Waals surface area contributed by atoms with Gasteiger partial charge >= 0.3 is 0 Å². The summed E-state index contributed by atoms with van der Waals surface area (Å²) in [5, 5.41) is 0. The zero-order valence-corrected chi connectivity index (χ0v) is 10.5. The monoisotopic (exact) mass is 314 g/mol. The maximum absolute atomic E-state index is 5.62. The Kier molecular flexibility index (Phi) is 3.25. The van der Waals surface area contributed by atoms with Gasteiger partial charge < -0.3 is 9.30 Å². The number of benzene rings is 1. The number of aromatic nitrogens is 2. The van der Waals surface area contributed by atoms with Crippen LogP contribution in [-0.2, 0) is 13.7 Å². The summed E-state index contributed by atoms with van der Waals surface area (Å²) in [5.74, 6) is 0.886. The number of aryl methyl sites for hydroxylation is 1. The molecule has 0 unspecified atom stereocenters. The highest BCUT2D eigenvalue weighted by atomic mass is 127. The Hall–Kier alpha value is -1.04. The van der Waals surface area contributed by atoms with E-state index in [1.807, 2.05) is 42.1 Å². The van der Waals surface area contributed by atoms with Crippen molar-refractivity contribution < 1.29 is 4.74 Å². The van der Waals surface area contributed by atoms with Crippen molar-refractivity contribution in [2.75, 3.05) is 0 Å². The molecular formula is C11H11IN2O. The highest BCUT2D eigenvalue weighted by Gasteiger charge is 1.99. The summed E-state index contributed by atoms with van der Waals surface area (Å²) >= 11 is 2.27. The molecule has 0 atom stereocenters. The van der Waals surface area contributed by atoms with E-state index in [1.165, 1.54) is 3.57 Å². The molecule has 0 radical (unpaired) electrons. The van der Waals surface area contributed by atoms with Gasteiger partial charge in [-0.1, -0.05) is 0 Å². The first kappa shape index (κ1) is 10.5. The standard InChI is InChI=1S/C11H11IN2O/c1-14-8-13-6-10(14)7-15-11-4-2-9(12)3-5-11/h2-6,8H,7H2,1H3. The van der Waals surface area contributed by atoms with Crippen LogP contribution in [-0.4, -0.2) is 9.55 Å². The van der Waals surface area contributed by atoms with Gasteiger partial charge in [0.2, 0.25) is 0 Å². The molecule has 0 N–H and O–H groups in total. The quantitative estimate of drug-likeness (QED) is 0.814. The Morgan fingerprint density at radius 3 is 2.67 bits per heavy atom. The van der Waals surface area contributed by atoms with Gasteiger partial charge in [0, 0.05) is 10.6 Å². The average Bonchev–Trinajstić information content (AvgIpc) is 2.63. The fraction of sp³-hybridized carbons (Fsp3) is 0.182. The number of ether oxygens (including phenoxy) is 1. The molecule has 0 saturated carbocycles. The van der Waals surface area contributed by atoms with Crippen molar-refractivity contribution in [3.8, 4) is 5.75 Å². The first-order chi connectivity index (χ1) is 7.25. The highest BCUT2D eigenvalue weighted by molar-refractivity contribution is 14.1. The van der Waals surface area contributed by atoms with Crippen LogP contribution in [0, 0.1) is 3.57 Å². The van der Waals surface area contributed by atoms with Crippen molar-refractivity contribution in [3.05, 3.63) is 46.1 Å². The molecule has 4 heteroatoms. The largest absolute Gasteiger partial charge is 0.487 e. The average molecular weight is 314 g/mol. The second-order valence-electron chi connectivity index (χ2n) is 3.24. The maximum Gasteiger partial charge on any atom is 0.130 e. The van der Waals surface area contributed by atoms with Crippen LogP contribution in [0.2, 0.25) is 0 Å². The van der Waals surface area contributed by atoms with Gasteiger partial charge in [0.05, 0.1) is 18.2 Å². The summed E-state index contributed by atoms with van der Waals surface area (Å²) in [5.41, 5.74) is 1.06. The molecule has 15 heavy (non-hydrogen) atoms. The van der Waals surface area contributed by atoms with E-state index >= 15 is 0 Å². The Bertz CT molecular complexity index is 436. The molecule has 0 aliphatic heterocycles. The van der Waals surface area contributed by atoms with Crippen molar-refractivity contribution in [2.45, 2.75) is 6.61 Å². The van der Waals surface area contributed by atoms with Crippen LogP contribution < -0.4 is 4.74 Å². The molecule has 0 aliphatic carbocycles. The predicted octanol–water partition coefficient (Wildman–Crippen LogP) is 2.60. The number of rotatable bonds is 3. The van der Waals surface area contributed by atoms with E-state index in [0.29, 0.717) is 6.61 Å². The van der Waals surface area contributed by atoms with Crippen molar-refractivity contribution in [1.82, 2.24) is 9.55 Å². The van der Waals surface area contributed by atoms with Gasteiger partial charge in [-0.3, -0.25) is 0 Å². The Morgan fingerprint density at radius 1 is 1.33 bits per heavy atom. The molecule has 0 amide bonds. The molecule has 1 heterocycles. The van der Waals surface area contributed by atoms with E-state index in [2.05, 4.69) is 27.6 Å². The number of hydrogen-bond acceptors (Lipinski definition) is 2. The molecule has 0 saturated heterocycles. The summed E-state index contributed by atoms with van der Waals surface area (Å²) in [6.07, 6.45) is 3.58. The van der Waals surface area contributed by atoms with E-state index in [-0.39, 0.29) is 0 Å². The zero-order chi connectivity index (χ0) is 10.7. The summed E-state index contributed by atoms with van der Waals surface area (Å²) in [6, 6.07) is 7.99. The van der Waals surface area contributed by atoms with Gasteiger partial charge in [-0.15, -0.1) is 0 Å². The maximum atomic E-state index is 5.62. The summed E-state index contributed by atoms with van der Waals surface area (Å²) < 4.78 is 8.78. The van der Waals surface area contributed by atoms with Gasteiger partial charge in [0.15, 0.2) is 0 Å². The lowest BCUT2D eigenvalue weighted by molar-refractivity contribution is 0.297. The van der Waals surface area contributed by atoms with Crippen LogP contribution >= 0.6 is 22.6 Å². The van der Waals surface area contributed by atoms with Gasteiger partial charge in [0.25, 0.3) is 0 Å². The van der Waals surface area contributed by atoms with E-state index in [4.69, 9.17) is 4.74 Å². The zero-order valence-electron chi connectivity index (χ0n) is 8.35. The number of hydrogen-bond donors (Lipinski definition) is 0. The van der Waals surface area contributed by atoms with Crippen molar-refractivity contribution in [2.24, 2.45) is 7.05 Å². The van der Waals surface area contributed by atoms with Crippen LogP contribution in [0.4, 0.5) is 0 Å². The Balaban J connectivity index is 1.99. The lowest BCUT2D eigenvalue weighted by Crippen LogP contribution is -2.00. The molecule has 0 fully saturated rings. The van der Waals surface area contributed by atoms with Gasteiger partial charge in [0.1, 0.15) is 12.4 Å². The third-order valence-corrected chi connectivity index (χ3v) is 2.84. The second kappa shape index (κ2) is 4.65. The minimum Gasteiger partial charge on any atom is -0.487 e. The molecule has 0 bridgehead atoms. The first-order valence-corrected chi connectivity index (χ1v) is 5.67. The molecule has 3 nitrogen and oxygen atoms in total. The summed E-state index contributed by atoms with van der Waals surface area (Å²) in [7, 11) is 1.96. The summed E-state index contributed by atoms with van der Waals surface area (Å²) in [4.78, 5) is 4.03. The number of imidazole rings is 1. The van der Waals surface area contributed by atoms with Crippen LogP contribution in [0.25, 0.3) is 0 Å². The highest BCUT2D eigenvalue weighted by Crippen LogP contribution is 2.14. The predicted molar refractivity (Wildman–Crippen MR) is 66.7 cm³/mol. The molecule has 1 aromatic carbocycles. The molecule has 2 rings (SSSR count). The van der Waals surface area contributed by atoms with Gasteiger partial charge in [-0.05, 0) is 46.9 Å². The van der Waals surface area contributed by atoms with Crippen molar-refractivity contribution in [3.63, 3.8) is 0 Å². The normalized spacial score (nSPS) is 10.3. The minimum atomic E-state index is 0.553. The Labute approximate surface area is 102 Å². The molecule has 78 valence electrons. The lowest BCUT2D eigenvalue weighted by atomic mass is 10.3. The van der Waals surface area contributed by atoms with Crippen molar-refractivity contribution in [1.29, 1.82) is 0 Å². The SMILES string of the molecule is Cn1cncc1COc1ccc(I)cc1. The summed E-state index contributed by atoms with van der Waals surface area (Å²) in [6.45, 7) is 0.553. The Morgan fingerprint density at radius 2 is 2.07 bits per heavy atom. The van der Waals surface area contributed by atoms with E-state index < -0.39 is 0 Å². The molecule has 2 aromatic rings. The third-order valence-electron chi connectivity index (χ3n) is 2.12. The second-order valence-corrected chi connectivity index (χ2v) is 4.48. The van der Waals surface area contributed by atoms with E-state index in [0.717, 1.165) is 11.4 Å². The molecule has 0 aliphatic rings. The van der Waals surface area contributed by atoms with Crippen molar-refractivity contribution >= 4 is 22.6 Å². The number of nitrogens with zero attached hydrogens (tertiary/aromatic N) is 2. The fourth-order valence-electron chi connectivity index (χ4n) is 1.21. The third kappa shape index (κ3) is 2.71. The van der Waals surface area contributed by atoms with Crippen LogP contribution in [0.3, 0.4) is 0 Å². The minimum absolute atomic E-state index is 0.553. The molecule has 1 aromatic heterocycles. The number of halogens is 1. The molecule has 0 spiro atoms. The van der Waals surface area contributed by atoms with E-state index in [1.54, 1.807) is 6.33 Å². The van der Waals surface area contributed by atoms with Gasteiger partial charge in [-0.25, -0.2) is 4.98 Å². The van der Waals surface area contributed by atoms with Gasteiger partial charge in [-0.2, -0.15) is 0 Å². The van der Waals surface area contributed by atoms with Crippen LogP contribution in [0.5, 0.6) is 5.75 Å². The molecular weight excluding hydrogens is 303 g/mol. The topological polar surface area (TPSA) is 27.1 Å². The smallest absolute Gasteiger partial charge is 0.130 e. The van der Waals surface area contributed by atoms with Crippen LogP contribution in [0.1, 0.15) is 5.69 Å². The van der Waals surface area contributed by atoms with Crippen LogP contribution in [0.15, 0.2) is 36.8 Å². The van der Waals surface area contributed by atoms with E-state index in [9.17, 15) is 0 Å².